The average Bonchev–Trinajstić information content (AvgIpc) is 2.96. The number of hydrogen-bond acceptors (Lipinski definition) is 5. The average molecular weight is 356 g/mol. The standard InChI is InChI=1S/C18H20N4O4/c1-4-9-19-18(25)20-16(23)11-26-17(24)14-5-7-15(8-6-14)22-13(3)10-12(2)21-22/h4-8,10H,1,9,11H2,2-3H3,(H2,19,20,23,25). The van der Waals surface area contributed by atoms with Gasteiger partial charge >= 0.3 is 12.0 Å². The van der Waals surface area contributed by atoms with Gasteiger partial charge in [0, 0.05) is 12.2 Å². The number of nitrogens with one attached hydrogen (secondary N) is 2. The SMILES string of the molecule is C=CCNC(=O)NC(=O)COC(=O)c1ccc(-n2nc(C)cc2C)cc1. The Bertz CT molecular complexity index is 824. The van der Waals surface area contributed by atoms with Gasteiger partial charge in [0.2, 0.25) is 0 Å². The van der Waals surface area contributed by atoms with Crippen LogP contribution in [0, 0.1) is 13.8 Å². The van der Waals surface area contributed by atoms with Crippen LogP contribution >= 0.6 is 0 Å². The van der Waals surface area contributed by atoms with E-state index in [0.29, 0.717) is 5.56 Å². The number of ether oxygens (including phenoxy) is 1. The summed E-state index contributed by atoms with van der Waals surface area (Å²) in [6, 6.07) is 7.91. The van der Waals surface area contributed by atoms with Crippen molar-refractivity contribution >= 4 is 17.9 Å². The fourth-order valence-corrected chi connectivity index (χ4v) is 2.22. The van der Waals surface area contributed by atoms with Gasteiger partial charge in [0.25, 0.3) is 5.91 Å². The lowest BCUT2D eigenvalue weighted by Gasteiger charge is -2.08. The summed E-state index contributed by atoms with van der Waals surface area (Å²) < 4.78 is 6.66. The highest BCUT2D eigenvalue weighted by atomic mass is 16.5. The van der Waals surface area contributed by atoms with Gasteiger partial charge in [-0.15, -0.1) is 6.58 Å². The summed E-state index contributed by atoms with van der Waals surface area (Å²) in [5.74, 6) is -1.38. The molecule has 0 aliphatic heterocycles. The van der Waals surface area contributed by atoms with Gasteiger partial charge in [-0.2, -0.15) is 5.10 Å². The second-order valence-electron chi connectivity index (χ2n) is 5.51. The number of aromatic nitrogens is 2. The number of nitrogens with zero attached hydrogens (tertiary/aromatic N) is 2. The van der Waals surface area contributed by atoms with Gasteiger partial charge in [0.05, 0.1) is 16.9 Å². The summed E-state index contributed by atoms with van der Waals surface area (Å²) in [5.41, 5.74) is 2.97. The molecule has 0 atom stereocenters. The lowest BCUT2D eigenvalue weighted by atomic mass is 10.2. The van der Waals surface area contributed by atoms with Gasteiger partial charge in [-0.3, -0.25) is 10.1 Å². The Morgan fingerprint density at radius 1 is 1.23 bits per heavy atom. The third-order valence-corrected chi connectivity index (χ3v) is 3.35. The number of aryl methyl sites for hydroxylation is 2. The third kappa shape index (κ3) is 5.04. The fraction of sp³-hybridized carbons (Fsp3) is 0.222. The fourth-order valence-electron chi connectivity index (χ4n) is 2.22. The van der Waals surface area contributed by atoms with Crippen molar-refractivity contribution in [3.05, 3.63) is 59.9 Å². The van der Waals surface area contributed by atoms with E-state index in [9.17, 15) is 14.4 Å². The molecule has 0 fully saturated rings. The van der Waals surface area contributed by atoms with Crippen LogP contribution in [0.4, 0.5) is 4.79 Å². The van der Waals surface area contributed by atoms with Crippen LogP contribution in [0.2, 0.25) is 0 Å². The highest BCUT2D eigenvalue weighted by Crippen LogP contribution is 2.13. The summed E-state index contributed by atoms with van der Waals surface area (Å²) in [7, 11) is 0. The summed E-state index contributed by atoms with van der Waals surface area (Å²) >= 11 is 0. The summed E-state index contributed by atoms with van der Waals surface area (Å²) in [5, 5.41) is 8.77. The molecule has 3 amide bonds. The number of rotatable bonds is 6. The molecule has 0 aliphatic carbocycles. The predicted octanol–water partition coefficient (Wildman–Crippen LogP) is 1.66. The van der Waals surface area contributed by atoms with E-state index in [1.807, 2.05) is 25.2 Å². The van der Waals surface area contributed by atoms with Crippen LogP contribution in [0.5, 0.6) is 0 Å². The number of carbonyl (C=O) groups is 3. The zero-order valence-electron chi connectivity index (χ0n) is 14.6. The van der Waals surface area contributed by atoms with Crippen LogP contribution in [0.25, 0.3) is 5.69 Å². The first kappa shape index (κ1) is 18.9. The highest BCUT2D eigenvalue weighted by molar-refractivity contribution is 5.97. The topological polar surface area (TPSA) is 102 Å². The minimum absolute atomic E-state index is 0.223. The molecule has 0 unspecified atom stereocenters. The van der Waals surface area contributed by atoms with Gasteiger partial charge in [0.1, 0.15) is 0 Å². The monoisotopic (exact) mass is 356 g/mol. The normalized spacial score (nSPS) is 10.1. The maximum atomic E-state index is 12.0. The largest absolute Gasteiger partial charge is 0.452 e. The highest BCUT2D eigenvalue weighted by Gasteiger charge is 2.13. The number of urea groups is 1. The van der Waals surface area contributed by atoms with Gasteiger partial charge in [-0.25, -0.2) is 14.3 Å². The molecule has 0 bridgehead atoms. The van der Waals surface area contributed by atoms with Crippen molar-refractivity contribution in [3.63, 3.8) is 0 Å². The first-order valence-corrected chi connectivity index (χ1v) is 7.90. The van der Waals surface area contributed by atoms with Gasteiger partial charge in [-0.05, 0) is 44.2 Å². The molecule has 0 spiro atoms. The molecule has 8 nitrogen and oxygen atoms in total. The molecule has 1 aromatic heterocycles. The number of hydrogen-bond donors (Lipinski definition) is 2. The molecule has 0 radical (unpaired) electrons. The van der Waals surface area contributed by atoms with E-state index in [2.05, 4.69) is 17.0 Å². The Hall–Kier alpha value is -3.42. The molecule has 0 aliphatic rings. The molecule has 26 heavy (non-hydrogen) atoms. The molecule has 136 valence electrons. The van der Waals surface area contributed by atoms with Crippen molar-refractivity contribution in [1.29, 1.82) is 0 Å². The number of amides is 3. The molecule has 0 saturated carbocycles. The Balaban J connectivity index is 1.90. The van der Waals surface area contributed by atoms with Crippen molar-refractivity contribution in [2.75, 3.05) is 13.2 Å². The molecule has 2 aromatic rings. The number of imide groups is 1. The zero-order chi connectivity index (χ0) is 19.1. The summed E-state index contributed by atoms with van der Waals surface area (Å²) in [4.78, 5) is 34.8. The van der Waals surface area contributed by atoms with Gasteiger partial charge in [0.15, 0.2) is 6.61 Å². The van der Waals surface area contributed by atoms with E-state index in [1.165, 1.54) is 6.08 Å². The van der Waals surface area contributed by atoms with Crippen LogP contribution in [0.3, 0.4) is 0 Å². The molecular weight excluding hydrogens is 336 g/mol. The van der Waals surface area contributed by atoms with Crippen LogP contribution in [0.1, 0.15) is 21.7 Å². The van der Waals surface area contributed by atoms with E-state index in [4.69, 9.17) is 4.74 Å². The molecule has 1 aromatic carbocycles. The maximum Gasteiger partial charge on any atom is 0.338 e. The Morgan fingerprint density at radius 3 is 2.50 bits per heavy atom. The van der Waals surface area contributed by atoms with E-state index >= 15 is 0 Å². The second-order valence-corrected chi connectivity index (χ2v) is 5.51. The first-order chi connectivity index (χ1) is 12.4. The maximum absolute atomic E-state index is 12.0. The smallest absolute Gasteiger partial charge is 0.338 e. The summed E-state index contributed by atoms with van der Waals surface area (Å²) in [6.07, 6.45) is 1.47. The number of esters is 1. The van der Waals surface area contributed by atoms with Gasteiger partial charge < -0.3 is 10.1 Å². The van der Waals surface area contributed by atoms with Crippen molar-refractivity contribution in [2.24, 2.45) is 0 Å². The number of carbonyl (C=O) groups excluding carboxylic acids is 3. The van der Waals surface area contributed by atoms with E-state index in [0.717, 1.165) is 17.1 Å². The third-order valence-electron chi connectivity index (χ3n) is 3.35. The number of benzene rings is 1. The lowest BCUT2D eigenvalue weighted by Crippen LogP contribution is -2.41. The summed E-state index contributed by atoms with van der Waals surface area (Å²) in [6.45, 7) is 6.94. The molecule has 1 heterocycles. The van der Waals surface area contributed by atoms with E-state index < -0.39 is 24.5 Å². The predicted molar refractivity (Wildman–Crippen MR) is 95.1 cm³/mol. The molecule has 2 N–H and O–H groups in total. The van der Waals surface area contributed by atoms with Crippen molar-refractivity contribution in [2.45, 2.75) is 13.8 Å². The second kappa shape index (κ2) is 8.61. The Kier molecular flexibility index (Phi) is 6.26. The van der Waals surface area contributed by atoms with Gasteiger partial charge in [-0.1, -0.05) is 6.08 Å². The van der Waals surface area contributed by atoms with E-state index in [-0.39, 0.29) is 6.54 Å². The van der Waals surface area contributed by atoms with Crippen LogP contribution in [-0.2, 0) is 9.53 Å². The lowest BCUT2D eigenvalue weighted by molar-refractivity contribution is -0.123. The van der Waals surface area contributed by atoms with Crippen LogP contribution in [-0.4, -0.2) is 40.8 Å². The first-order valence-electron chi connectivity index (χ1n) is 7.90. The van der Waals surface area contributed by atoms with Crippen molar-refractivity contribution in [3.8, 4) is 5.69 Å². The van der Waals surface area contributed by atoms with E-state index in [1.54, 1.807) is 28.9 Å². The molecule has 2 rings (SSSR count). The zero-order valence-corrected chi connectivity index (χ0v) is 14.6. The molecule has 0 saturated heterocycles. The minimum Gasteiger partial charge on any atom is -0.452 e. The Morgan fingerprint density at radius 2 is 1.92 bits per heavy atom. The van der Waals surface area contributed by atoms with Crippen LogP contribution in [0.15, 0.2) is 43.0 Å². The minimum atomic E-state index is -0.723. The quantitative estimate of drug-likeness (QED) is 0.605. The van der Waals surface area contributed by atoms with Crippen molar-refractivity contribution < 1.29 is 19.1 Å². The molecular formula is C18H20N4O4. The molecule has 8 heteroatoms. The Labute approximate surface area is 150 Å². The van der Waals surface area contributed by atoms with Crippen LogP contribution < -0.4 is 10.6 Å². The van der Waals surface area contributed by atoms with Crippen molar-refractivity contribution in [1.82, 2.24) is 20.4 Å².